The van der Waals surface area contributed by atoms with Crippen molar-refractivity contribution in [2.45, 2.75) is 38.1 Å². The minimum Gasteiger partial charge on any atom is -0.477 e. The van der Waals surface area contributed by atoms with Gasteiger partial charge in [-0.1, -0.05) is 0 Å². The van der Waals surface area contributed by atoms with Gasteiger partial charge in [0.05, 0.1) is 26.3 Å². The fraction of sp³-hybridized carbons (Fsp3) is 0.684. The lowest BCUT2D eigenvalue weighted by Gasteiger charge is -2.41. The number of carbonyl (C=O) groups is 1. The van der Waals surface area contributed by atoms with Crippen LogP contribution in [0.1, 0.15) is 32.1 Å². The number of ether oxygens (including phenoxy) is 2. The number of aromatic nitrogens is 1. The Morgan fingerprint density at radius 1 is 1.38 bits per heavy atom. The molecule has 0 radical (unpaired) electrons. The highest BCUT2D eigenvalue weighted by molar-refractivity contribution is 5.69. The summed E-state index contributed by atoms with van der Waals surface area (Å²) in [6.07, 6.45) is 6.10. The first-order valence-electron chi connectivity index (χ1n) is 9.35. The molecule has 1 aliphatic heterocycles. The Bertz CT molecular complexity index is 584. The van der Waals surface area contributed by atoms with Gasteiger partial charge in [-0.3, -0.25) is 4.79 Å². The van der Waals surface area contributed by atoms with Crippen molar-refractivity contribution in [1.29, 1.82) is 0 Å². The van der Waals surface area contributed by atoms with Gasteiger partial charge in [0.2, 0.25) is 5.88 Å². The number of nitrogens with one attached hydrogen (secondary N) is 1. The van der Waals surface area contributed by atoms with Crippen LogP contribution < -0.4 is 10.1 Å². The van der Waals surface area contributed by atoms with Crippen LogP contribution >= 0.6 is 0 Å². The van der Waals surface area contributed by atoms with E-state index in [1.54, 1.807) is 6.07 Å². The molecular formula is C19H28FN3O3. The lowest BCUT2D eigenvalue weighted by molar-refractivity contribution is -0.141. The molecule has 7 heteroatoms. The molecule has 1 aromatic rings. The van der Waals surface area contributed by atoms with Crippen LogP contribution in [0.4, 0.5) is 4.39 Å². The molecule has 2 heterocycles. The van der Waals surface area contributed by atoms with E-state index in [1.807, 2.05) is 0 Å². The van der Waals surface area contributed by atoms with Gasteiger partial charge >= 0.3 is 5.97 Å². The maximum Gasteiger partial charge on any atom is 0.306 e. The number of hydrogen-bond acceptors (Lipinski definition) is 6. The van der Waals surface area contributed by atoms with E-state index in [2.05, 4.69) is 15.2 Å². The number of esters is 1. The van der Waals surface area contributed by atoms with Gasteiger partial charge in [-0.25, -0.2) is 9.37 Å². The molecule has 0 unspecified atom stereocenters. The van der Waals surface area contributed by atoms with E-state index in [0.29, 0.717) is 24.9 Å². The molecule has 26 heavy (non-hydrogen) atoms. The number of halogens is 1. The number of piperidine rings is 1. The Balaban J connectivity index is 1.52. The van der Waals surface area contributed by atoms with E-state index in [9.17, 15) is 9.18 Å². The molecule has 3 rings (SSSR count). The zero-order chi connectivity index (χ0) is 18.4. The highest BCUT2D eigenvalue weighted by Crippen LogP contribution is 2.33. The minimum absolute atomic E-state index is 0.0421. The summed E-state index contributed by atoms with van der Waals surface area (Å²) in [7, 11) is 1.42. The van der Waals surface area contributed by atoms with Gasteiger partial charge in [0.25, 0.3) is 0 Å². The van der Waals surface area contributed by atoms with Gasteiger partial charge in [0.1, 0.15) is 5.82 Å². The molecule has 2 fully saturated rings. The highest BCUT2D eigenvalue weighted by atomic mass is 19.1. The molecule has 0 atom stereocenters. The van der Waals surface area contributed by atoms with E-state index >= 15 is 0 Å². The van der Waals surface area contributed by atoms with E-state index in [0.717, 1.165) is 39.0 Å². The predicted octanol–water partition coefficient (Wildman–Crippen LogP) is 2.00. The summed E-state index contributed by atoms with van der Waals surface area (Å²) in [5.74, 6) is -0.0605. The zero-order valence-corrected chi connectivity index (χ0v) is 15.4. The van der Waals surface area contributed by atoms with E-state index in [-0.39, 0.29) is 17.2 Å². The third-order valence-corrected chi connectivity index (χ3v) is 5.35. The molecule has 0 amide bonds. The summed E-state index contributed by atoms with van der Waals surface area (Å²) in [5.41, 5.74) is 0.0421. The SMILES string of the molecule is COC(=O)CCN1CCC(CNC2CC2)(COc2ccc(F)cn2)CC1. The molecular weight excluding hydrogens is 337 g/mol. The predicted molar refractivity (Wildman–Crippen MR) is 95.5 cm³/mol. The second-order valence-electron chi connectivity index (χ2n) is 7.43. The molecule has 0 bridgehead atoms. The van der Waals surface area contributed by atoms with Crippen LogP contribution in [0, 0.1) is 11.2 Å². The summed E-state index contributed by atoms with van der Waals surface area (Å²) < 4.78 is 23.6. The third-order valence-electron chi connectivity index (χ3n) is 5.35. The monoisotopic (exact) mass is 365 g/mol. The first kappa shape index (κ1) is 19.0. The fourth-order valence-corrected chi connectivity index (χ4v) is 3.30. The number of nitrogens with zero attached hydrogens (tertiary/aromatic N) is 2. The van der Waals surface area contributed by atoms with Crippen LogP contribution in [0.5, 0.6) is 5.88 Å². The zero-order valence-electron chi connectivity index (χ0n) is 15.4. The van der Waals surface area contributed by atoms with Gasteiger partial charge in [-0.2, -0.15) is 0 Å². The molecule has 144 valence electrons. The summed E-state index contributed by atoms with van der Waals surface area (Å²) in [6, 6.07) is 3.59. The summed E-state index contributed by atoms with van der Waals surface area (Å²) in [4.78, 5) is 17.6. The Kier molecular flexibility index (Phi) is 6.43. The topological polar surface area (TPSA) is 63.7 Å². The van der Waals surface area contributed by atoms with Crippen LogP contribution in [-0.4, -0.2) is 61.8 Å². The molecule has 2 aliphatic rings. The van der Waals surface area contributed by atoms with Gasteiger partial charge in [-0.05, 0) is 44.8 Å². The molecule has 1 saturated carbocycles. The van der Waals surface area contributed by atoms with E-state index < -0.39 is 0 Å². The first-order valence-corrected chi connectivity index (χ1v) is 9.35. The number of pyridine rings is 1. The van der Waals surface area contributed by atoms with Crippen LogP contribution in [0.15, 0.2) is 18.3 Å². The highest BCUT2D eigenvalue weighted by Gasteiger charge is 2.37. The Morgan fingerprint density at radius 3 is 2.77 bits per heavy atom. The third kappa shape index (κ3) is 5.64. The van der Waals surface area contributed by atoms with Gasteiger partial charge in [0, 0.05) is 30.6 Å². The summed E-state index contributed by atoms with van der Waals surface area (Å²) >= 11 is 0. The smallest absolute Gasteiger partial charge is 0.306 e. The number of hydrogen-bond donors (Lipinski definition) is 1. The van der Waals surface area contributed by atoms with Crippen LogP contribution in [0.2, 0.25) is 0 Å². The van der Waals surface area contributed by atoms with Gasteiger partial charge < -0.3 is 19.7 Å². The van der Waals surface area contributed by atoms with Crippen molar-refractivity contribution in [1.82, 2.24) is 15.2 Å². The molecule has 0 aromatic carbocycles. The fourth-order valence-electron chi connectivity index (χ4n) is 3.30. The minimum atomic E-state index is -0.360. The van der Waals surface area contributed by atoms with Crippen molar-refractivity contribution in [2.24, 2.45) is 5.41 Å². The molecule has 1 N–H and O–H groups in total. The van der Waals surface area contributed by atoms with Crippen molar-refractivity contribution in [3.05, 3.63) is 24.1 Å². The lowest BCUT2D eigenvalue weighted by Crippen LogP contribution is -2.49. The second kappa shape index (κ2) is 8.77. The van der Waals surface area contributed by atoms with E-state index in [1.165, 1.54) is 32.2 Å². The van der Waals surface area contributed by atoms with Crippen molar-refractivity contribution in [3.63, 3.8) is 0 Å². The number of methoxy groups -OCH3 is 1. The normalized spacial score (nSPS) is 19.9. The molecule has 0 spiro atoms. The van der Waals surface area contributed by atoms with Crippen LogP contribution in [0.3, 0.4) is 0 Å². The van der Waals surface area contributed by atoms with Crippen molar-refractivity contribution >= 4 is 5.97 Å². The Hall–Kier alpha value is -1.73. The summed E-state index contributed by atoms with van der Waals surface area (Å²) in [5, 5.41) is 3.63. The molecule has 1 aromatic heterocycles. The largest absolute Gasteiger partial charge is 0.477 e. The molecule has 1 aliphatic carbocycles. The Morgan fingerprint density at radius 2 is 2.15 bits per heavy atom. The standard InChI is InChI=1S/C19H28FN3O3/c1-25-18(24)6-9-23-10-7-19(8-11-23,13-22-16-3-4-16)14-26-17-5-2-15(20)12-21-17/h2,5,12,16,22H,3-4,6-11,13-14H2,1H3. The second-order valence-corrected chi connectivity index (χ2v) is 7.43. The van der Waals surface area contributed by atoms with Crippen LogP contribution in [-0.2, 0) is 9.53 Å². The summed E-state index contributed by atoms with van der Waals surface area (Å²) in [6.45, 7) is 4.09. The quantitative estimate of drug-likeness (QED) is 0.676. The average molecular weight is 365 g/mol. The van der Waals surface area contributed by atoms with Crippen LogP contribution in [0.25, 0.3) is 0 Å². The number of rotatable bonds is 9. The molecule has 1 saturated heterocycles. The van der Waals surface area contributed by atoms with Gasteiger partial charge in [-0.15, -0.1) is 0 Å². The van der Waals surface area contributed by atoms with Crippen molar-refractivity contribution in [3.8, 4) is 5.88 Å². The molecule has 6 nitrogen and oxygen atoms in total. The maximum absolute atomic E-state index is 13.0. The van der Waals surface area contributed by atoms with Crippen molar-refractivity contribution in [2.75, 3.05) is 39.9 Å². The Labute approximate surface area is 154 Å². The van der Waals surface area contributed by atoms with Crippen molar-refractivity contribution < 1.29 is 18.7 Å². The number of carbonyl (C=O) groups excluding carboxylic acids is 1. The lowest BCUT2D eigenvalue weighted by atomic mass is 9.78. The van der Waals surface area contributed by atoms with Gasteiger partial charge in [0.15, 0.2) is 0 Å². The number of likely N-dealkylation sites (tertiary alicyclic amines) is 1. The average Bonchev–Trinajstić information content (AvgIpc) is 3.50. The van der Waals surface area contributed by atoms with E-state index in [4.69, 9.17) is 9.47 Å². The first-order chi connectivity index (χ1) is 12.6. The maximum atomic E-state index is 13.0.